The molecule has 0 saturated heterocycles. The van der Waals surface area contributed by atoms with Gasteiger partial charge in [-0.05, 0) is 37.0 Å². The molecule has 5 heteroatoms. The molecule has 1 heterocycles. The highest BCUT2D eigenvalue weighted by Gasteiger charge is 2.19. The first-order valence-corrected chi connectivity index (χ1v) is 9.04. The van der Waals surface area contributed by atoms with Crippen molar-refractivity contribution in [3.63, 3.8) is 0 Å². The zero-order chi connectivity index (χ0) is 19.4. The predicted octanol–water partition coefficient (Wildman–Crippen LogP) is 5.18. The second kappa shape index (κ2) is 8.08. The molecule has 3 aromatic rings. The Morgan fingerprint density at radius 2 is 1.81 bits per heavy atom. The first-order chi connectivity index (χ1) is 12.9. The zero-order valence-electron chi connectivity index (χ0n) is 16.0. The fraction of sp³-hybridized carbons (Fsp3) is 0.273. The minimum absolute atomic E-state index is 0.290. The quantitative estimate of drug-likeness (QED) is 0.654. The van der Waals surface area contributed by atoms with Crippen molar-refractivity contribution in [2.24, 2.45) is 0 Å². The Hall–Kier alpha value is -3.08. The number of anilines is 1. The van der Waals surface area contributed by atoms with Gasteiger partial charge in [-0.1, -0.05) is 61.5 Å². The molecule has 0 bridgehead atoms. The van der Waals surface area contributed by atoms with E-state index in [1.165, 1.54) is 0 Å². The van der Waals surface area contributed by atoms with Gasteiger partial charge < -0.3 is 9.26 Å². The maximum atomic E-state index is 12.5. The van der Waals surface area contributed by atoms with E-state index in [-0.39, 0.29) is 5.91 Å². The highest BCUT2D eigenvalue weighted by Crippen LogP contribution is 2.28. The van der Waals surface area contributed by atoms with Gasteiger partial charge in [0.25, 0.3) is 5.91 Å². The molecule has 0 unspecified atom stereocenters. The highest BCUT2D eigenvalue weighted by atomic mass is 16.5. The normalized spacial score (nSPS) is 12.0. The molecule has 1 atom stereocenters. The number of nitrogens with one attached hydrogen (secondary N) is 1. The van der Waals surface area contributed by atoms with E-state index in [0.717, 1.165) is 22.4 Å². The van der Waals surface area contributed by atoms with Crippen LogP contribution in [0.25, 0.3) is 11.3 Å². The van der Waals surface area contributed by atoms with Crippen molar-refractivity contribution in [3.8, 4) is 17.0 Å². The Morgan fingerprint density at radius 1 is 1.07 bits per heavy atom. The standard InChI is InChI=1S/C22H24N2O3/c1-14(2)18-11-10-15(3)12-20(18)26-16(4)22(25)23-21-13-19(24-27-21)17-8-6-5-7-9-17/h5-14,16H,1-4H3,(H,23,25)/t16-/m0/s1. The maximum absolute atomic E-state index is 12.5. The van der Waals surface area contributed by atoms with Gasteiger partial charge in [-0.3, -0.25) is 10.1 Å². The van der Waals surface area contributed by atoms with Crippen LogP contribution >= 0.6 is 0 Å². The number of carbonyl (C=O) groups is 1. The fourth-order valence-electron chi connectivity index (χ4n) is 2.77. The summed E-state index contributed by atoms with van der Waals surface area (Å²) in [6, 6.07) is 17.4. The number of benzene rings is 2. The van der Waals surface area contributed by atoms with Gasteiger partial charge in [0.1, 0.15) is 11.4 Å². The number of amides is 1. The van der Waals surface area contributed by atoms with Gasteiger partial charge in [0.05, 0.1) is 0 Å². The van der Waals surface area contributed by atoms with Crippen LogP contribution in [0, 0.1) is 6.92 Å². The lowest BCUT2D eigenvalue weighted by Gasteiger charge is -2.18. The average molecular weight is 364 g/mol. The minimum Gasteiger partial charge on any atom is -0.481 e. The third-order valence-electron chi connectivity index (χ3n) is 4.29. The van der Waals surface area contributed by atoms with Crippen molar-refractivity contribution in [1.29, 1.82) is 0 Å². The molecule has 0 aliphatic heterocycles. The summed E-state index contributed by atoms with van der Waals surface area (Å²) < 4.78 is 11.2. The molecule has 0 saturated carbocycles. The third-order valence-corrected chi connectivity index (χ3v) is 4.29. The van der Waals surface area contributed by atoms with Crippen LogP contribution < -0.4 is 10.1 Å². The first kappa shape index (κ1) is 18.7. The molecule has 0 fully saturated rings. The lowest BCUT2D eigenvalue weighted by atomic mass is 10.0. The average Bonchev–Trinajstić information content (AvgIpc) is 3.10. The molecule has 140 valence electrons. The van der Waals surface area contributed by atoms with Crippen molar-refractivity contribution < 1.29 is 14.1 Å². The summed E-state index contributed by atoms with van der Waals surface area (Å²) in [5.41, 5.74) is 3.75. The SMILES string of the molecule is Cc1ccc(C(C)C)c(O[C@@H](C)C(=O)Nc2cc(-c3ccccc3)no2)c1. The van der Waals surface area contributed by atoms with Crippen LogP contribution in [0.1, 0.15) is 37.8 Å². The number of rotatable bonds is 6. The maximum Gasteiger partial charge on any atom is 0.267 e. The largest absolute Gasteiger partial charge is 0.481 e. The molecular formula is C22H24N2O3. The summed E-state index contributed by atoms with van der Waals surface area (Å²) in [5, 5.41) is 6.72. The van der Waals surface area contributed by atoms with E-state index >= 15 is 0 Å². The van der Waals surface area contributed by atoms with Crippen molar-refractivity contribution in [2.45, 2.75) is 39.7 Å². The molecule has 2 aromatic carbocycles. The molecule has 0 aliphatic carbocycles. The lowest BCUT2D eigenvalue weighted by molar-refractivity contribution is -0.122. The van der Waals surface area contributed by atoms with E-state index in [1.807, 2.05) is 55.5 Å². The van der Waals surface area contributed by atoms with Crippen molar-refractivity contribution in [2.75, 3.05) is 5.32 Å². The molecule has 1 N–H and O–H groups in total. The van der Waals surface area contributed by atoms with E-state index in [9.17, 15) is 4.79 Å². The number of hydrogen-bond donors (Lipinski definition) is 1. The van der Waals surface area contributed by atoms with Crippen LogP contribution in [-0.4, -0.2) is 17.2 Å². The summed E-state index contributed by atoms with van der Waals surface area (Å²) in [5.74, 6) is 1.04. The molecule has 0 radical (unpaired) electrons. The first-order valence-electron chi connectivity index (χ1n) is 9.04. The minimum atomic E-state index is -0.672. The molecule has 27 heavy (non-hydrogen) atoms. The molecule has 3 rings (SSSR count). The Bertz CT molecular complexity index is 916. The van der Waals surface area contributed by atoms with Gasteiger partial charge in [0, 0.05) is 11.6 Å². The van der Waals surface area contributed by atoms with E-state index < -0.39 is 6.10 Å². The van der Waals surface area contributed by atoms with Crippen LogP contribution in [0.2, 0.25) is 0 Å². The van der Waals surface area contributed by atoms with Gasteiger partial charge in [-0.2, -0.15) is 0 Å². The fourth-order valence-corrected chi connectivity index (χ4v) is 2.77. The van der Waals surface area contributed by atoms with Gasteiger partial charge in [0.15, 0.2) is 6.10 Å². The summed E-state index contributed by atoms with van der Waals surface area (Å²) in [7, 11) is 0. The van der Waals surface area contributed by atoms with E-state index in [4.69, 9.17) is 9.26 Å². The van der Waals surface area contributed by atoms with Crippen molar-refractivity contribution in [1.82, 2.24) is 5.16 Å². The van der Waals surface area contributed by atoms with Crippen LogP contribution in [0.4, 0.5) is 5.88 Å². The van der Waals surface area contributed by atoms with Gasteiger partial charge in [-0.25, -0.2) is 0 Å². The van der Waals surface area contributed by atoms with Crippen LogP contribution in [0.3, 0.4) is 0 Å². The van der Waals surface area contributed by atoms with Crippen LogP contribution in [0.5, 0.6) is 5.75 Å². The molecule has 5 nitrogen and oxygen atoms in total. The molecule has 0 aliphatic rings. The zero-order valence-corrected chi connectivity index (χ0v) is 16.0. The lowest BCUT2D eigenvalue weighted by Crippen LogP contribution is -2.30. The van der Waals surface area contributed by atoms with E-state index in [2.05, 4.69) is 24.3 Å². The Balaban J connectivity index is 1.69. The monoisotopic (exact) mass is 364 g/mol. The summed E-state index contributed by atoms with van der Waals surface area (Å²) >= 11 is 0. The number of aromatic nitrogens is 1. The van der Waals surface area contributed by atoms with Crippen LogP contribution in [0.15, 0.2) is 59.1 Å². The van der Waals surface area contributed by atoms with Gasteiger partial charge in [0.2, 0.25) is 5.88 Å². The second-order valence-corrected chi connectivity index (χ2v) is 6.89. The number of ether oxygens (including phenoxy) is 1. The smallest absolute Gasteiger partial charge is 0.267 e. The molecular weight excluding hydrogens is 340 g/mol. The van der Waals surface area contributed by atoms with E-state index in [1.54, 1.807) is 13.0 Å². The summed E-state index contributed by atoms with van der Waals surface area (Å²) in [6.07, 6.45) is -0.672. The molecule has 1 amide bonds. The van der Waals surface area contributed by atoms with Crippen molar-refractivity contribution >= 4 is 11.8 Å². The highest BCUT2D eigenvalue weighted by molar-refractivity contribution is 5.93. The topological polar surface area (TPSA) is 64.4 Å². The number of carbonyl (C=O) groups excluding carboxylic acids is 1. The number of nitrogens with zero attached hydrogens (tertiary/aromatic N) is 1. The second-order valence-electron chi connectivity index (χ2n) is 6.89. The van der Waals surface area contributed by atoms with Gasteiger partial charge in [-0.15, -0.1) is 0 Å². The summed E-state index contributed by atoms with van der Waals surface area (Å²) in [4.78, 5) is 12.5. The Kier molecular flexibility index (Phi) is 5.60. The summed E-state index contributed by atoms with van der Waals surface area (Å²) in [6.45, 7) is 7.92. The molecule has 0 spiro atoms. The third kappa shape index (κ3) is 4.56. The Morgan fingerprint density at radius 3 is 2.52 bits per heavy atom. The predicted molar refractivity (Wildman–Crippen MR) is 106 cm³/mol. The number of hydrogen-bond acceptors (Lipinski definition) is 4. The number of aryl methyl sites for hydroxylation is 1. The van der Waals surface area contributed by atoms with Gasteiger partial charge >= 0.3 is 0 Å². The molecule has 1 aromatic heterocycles. The van der Waals surface area contributed by atoms with E-state index in [0.29, 0.717) is 17.5 Å². The van der Waals surface area contributed by atoms with Crippen LogP contribution in [-0.2, 0) is 4.79 Å². The van der Waals surface area contributed by atoms with Crippen molar-refractivity contribution in [3.05, 3.63) is 65.7 Å². The Labute approximate surface area is 159 Å².